The number of nitrogens with one attached hydrogen (secondary N) is 1. The summed E-state index contributed by atoms with van der Waals surface area (Å²) in [6.07, 6.45) is 1.94. The molecule has 2 rings (SSSR count). The minimum Gasteiger partial charge on any atom is -0.352 e. The van der Waals surface area contributed by atoms with E-state index in [-0.39, 0.29) is 18.5 Å². The lowest BCUT2D eigenvalue weighted by molar-refractivity contribution is -0.141. The summed E-state index contributed by atoms with van der Waals surface area (Å²) in [6.45, 7) is 1.35. The zero-order valence-electron chi connectivity index (χ0n) is 12.0. The van der Waals surface area contributed by atoms with Crippen molar-refractivity contribution in [1.82, 2.24) is 15.1 Å². The molecular weight excluding hydrogens is 283 g/mol. The maximum atomic E-state index is 12.6. The lowest BCUT2D eigenvalue weighted by atomic mass is 10.1. The average Bonchev–Trinajstić information content (AvgIpc) is 2.61. The van der Waals surface area contributed by atoms with Crippen LogP contribution in [0.2, 0.25) is 0 Å². The van der Waals surface area contributed by atoms with Crippen molar-refractivity contribution in [2.45, 2.75) is 64.2 Å². The molecule has 21 heavy (non-hydrogen) atoms. The predicted octanol–water partition coefficient (Wildman–Crippen LogP) is 3.05. The highest BCUT2D eigenvalue weighted by molar-refractivity contribution is 5.76. The summed E-state index contributed by atoms with van der Waals surface area (Å²) in [4.78, 5) is 12.0. The Bertz CT molecular complexity index is 488. The Morgan fingerprint density at radius 1 is 1.33 bits per heavy atom. The summed E-state index contributed by atoms with van der Waals surface area (Å²) in [7, 11) is 0. The van der Waals surface area contributed by atoms with Gasteiger partial charge in [0.25, 0.3) is 0 Å². The number of carbonyl (C=O) groups excluding carboxylic acids is 1. The first kappa shape index (κ1) is 15.9. The molecule has 1 aliphatic carbocycles. The molecular formula is C14H20F3N3O. The van der Waals surface area contributed by atoms with Crippen molar-refractivity contribution < 1.29 is 18.0 Å². The summed E-state index contributed by atoms with van der Waals surface area (Å²) in [6, 6.07) is 1.09. The van der Waals surface area contributed by atoms with E-state index in [0.717, 1.165) is 36.4 Å². The van der Waals surface area contributed by atoms with Gasteiger partial charge in [-0.15, -0.1) is 0 Å². The Labute approximate surface area is 121 Å². The molecule has 4 nitrogen and oxygen atoms in total. The van der Waals surface area contributed by atoms with Gasteiger partial charge in [-0.05, 0) is 25.8 Å². The molecule has 7 heteroatoms. The second-order valence-corrected chi connectivity index (χ2v) is 5.58. The van der Waals surface area contributed by atoms with Gasteiger partial charge in [-0.2, -0.15) is 18.3 Å². The smallest absolute Gasteiger partial charge is 0.352 e. The topological polar surface area (TPSA) is 46.9 Å². The van der Waals surface area contributed by atoms with Gasteiger partial charge in [0.1, 0.15) is 6.54 Å². The number of amides is 1. The molecule has 1 heterocycles. The van der Waals surface area contributed by atoms with Gasteiger partial charge in [0.2, 0.25) is 5.91 Å². The van der Waals surface area contributed by atoms with E-state index in [0.29, 0.717) is 5.69 Å². The second kappa shape index (κ2) is 6.49. The number of aromatic nitrogens is 2. The highest BCUT2D eigenvalue weighted by Gasteiger charge is 2.34. The first-order valence-corrected chi connectivity index (χ1v) is 7.27. The Hall–Kier alpha value is -1.53. The Morgan fingerprint density at radius 3 is 2.48 bits per heavy atom. The number of halogens is 3. The SMILES string of the molecule is Cc1cc(C(F)(F)F)nn1CC(=O)NC1CCCCCC1. The summed E-state index contributed by atoms with van der Waals surface area (Å²) in [5.74, 6) is -0.276. The molecule has 1 aromatic rings. The molecule has 0 atom stereocenters. The maximum Gasteiger partial charge on any atom is 0.435 e. The number of hydrogen-bond acceptors (Lipinski definition) is 2. The molecule has 1 aliphatic rings. The normalized spacial score (nSPS) is 17.5. The molecule has 0 radical (unpaired) electrons. The lowest BCUT2D eigenvalue weighted by Gasteiger charge is -2.16. The van der Waals surface area contributed by atoms with Gasteiger partial charge in [-0.3, -0.25) is 9.48 Å². The molecule has 1 amide bonds. The van der Waals surface area contributed by atoms with Crippen LogP contribution in [0.15, 0.2) is 6.07 Å². The van der Waals surface area contributed by atoms with Crippen molar-refractivity contribution in [3.63, 3.8) is 0 Å². The van der Waals surface area contributed by atoms with Gasteiger partial charge >= 0.3 is 6.18 Å². The van der Waals surface area contributed by atoms with Crippen LogP contribution in [0.1, 0.15) is 49.9 Å². The summed E-state index contributed by atoms with van der Waals surface area (Å²) >= 11 is 0. The van der Waals surface area contributed by atoms with E-state index >= 15 is 0 Å². The van der Waals surface area contributed by atoms with Crippen molar-refractivity contribution in [3.05, 3.63) is 17.5 Å². The van der Waals surface area contributed by atoms with Gasteiger partial charge < -0.3 is 5.32 Å². The number of nitrogens with zero attached hydrogens (tertiary/aromatic N) is 2. The quantitative estimate of drug-likeness (QED) is 0.872. The van der Waals surface area contributed by atoms with Gasteiger partial charge in [-0.25, -0.2) is 0 Å². The fourth-order valence-corrected chi connectivity index (χ4v) is 2.64. The number of rotatable bonds is 3. The van der Waals surface area contributed by atoms with Gasteiger partial charge in [0.15, 0.2) is 5.69 Å². The third-order valence-electron chi connectivity index (χ3n) is 3.79. The van der Waals surface area contributed by atoms with Crippen LogP contribution in [-0.2, 0) is 17.5 Å². The van der Waals surface area contributed by atoms with Crippen molar-refractivity contribution >= 4 is 5.91 Å². The monoisotopic (exact) mass is 303 g/mol. The largest absolute Gasteiger partial charge is 0.435 e. The number of hydrogen-bond donors (Lipinski definition) is 1. The Balaban J connectivity index is 1.94. The summed E-state index contributed by atoms with van der Waals surface area (Å²) in [5.41, 5.74) is -0.624. The van der Waals surface area contributed by atoms with Crippen molar-refractivity contribution in [2.24, 2.45) is 0 Å². The molecule has 0 unspecified atom stereocenters. The predicted molar refractivity (Wildman–Crippen MR) is 71.6 cm³/mol. The zero-order valence-corrected chi connectivity index (χ0v) is 12.0. The molecule has 1 saturated carbocycles. The minimum absolute atomic E-state index is 0.137. The molecule has 0 aliphatic heterocycles. The summed E-state index contributed by atoms with van der Waals surface area (Å²) in [5, 5.41) is 6.37. The van der Waals surface area contributed by atoms with E-state index < -0.39 is 11.9 Å². The molecule has 0 aromatic carbocycles. The molecule has 118 valence electrons. The van der Waals surface area contributed by atoms with E-state index in [1.165, 1.54) is 19.8 Å². The van der Waals surface area contributed by atoms with Crippen LogP contribution in [0.25, 0.3) is 0 Å². The fraction of sp³-hybridized carbons (Fsp3) is 0.714. The first-order chi connectivity index (χ1) is 9.86. The minimum atomic E-state index is -4.48. The molecule has 1 aromatic heterocycles. The van der Waals surface area contributed by atoms with Crippen LogP contribution < -0.4 is 5.32 Å². The van der Waals surface area contributed by atoms with Crippen molar-refractivity contribution in [3.8, 4) is 0 Å². The third kappa shape index (κ3) is 4.47. The summed E-state index contributed by atoms with van der Waals surface area (Å²) < 4.78 is 38.8. The number of aryl methyl sites for hydroxylation is 1. The lowest BCUT2D eigenvalue weighted by Crippen LogP contribution is -2.37. The standard InChI is InChI=1S/C14H20F3N3O/c1-10-8-12(14(15,16)17)19-20(10)9-13(21)18-11-6-4-2-3-5-7-11/h8,11H,2-7,9H2,1H3,(H,18,21). The van der Waals surface area contributed by atoms with Crippen molar-refractivity contribution in [2.75, 3.05) is 0 Å². The second-order valence-electron chi connectivity index (χ2n) is 5.58. The van der Waals surface area contributed by atoms with E-state index in [4.69, 9.17) is 0 Å². The van der Waals surface area contributed by atoms with Crippen LogP contribution in [0, 0.1) is 6.92 Å². The Kier molecular flexibility index (Phi) is 4.90. The molecule has 1 N–H and O–H groups in total. The fourth-order valence-electron chi connectivity index (χ4n) is 2.64. The van der Waals surface area contributed by atoms with Crippen LogP contribution in [0.4, 0.5) is 13.2 Å². The van der Waals surface area contributed by atoms with Crippen LogP contribution in [0.5, 0.6) is 0 Å². The van der Waals surface area contributed by atoms with E-state index in [1.807, 2.05) is 0 Å². The third-order valence-corrected chi connectivity index (χ3v) is 3.79. The first-order valence-electron chi connectivity index (χ1n) is 7.27. The van der Waals surface area contributed by atoms with E-state index in [1.54, 1.807) is 0 Å². The highest BCUT2D eigenvalue weighted by atomic mass is 19.4. The molecule has 0 spiro atoms. The zero-order chi connectivity index (χ0) is 15.5. The molecule has 0 bridgehead atoms. The average molecular weight is 303 g/mol. The van der Waals surface area contributed by atoms with Crippen molar-refractivity contribution in [1.29, 1.82) is 0 Å². The van der Waals surface area contributed by atoms with Crippen LogP contribution in [-0.4, -0.2) is 21.7 Å². The molecule has 0 saturated heterocycles. The number of alkyl halides is 3. The van der Waals surface area contributed by atoms with Gasteiger partial charge in [0.05, 0.1) is 0 Å². The highest BCUT2D eigenvalue weighted by Crippen LogP contribution is 2.28. The maximum absolute atomic E-state index is 12.6. The Morgan fingerprint density at radius 2 is 1.95 bits per heavy atom. The van der Waals surface area contributed by atoms with Crippen LogP contribution in [0.3, 0.4) is 0 Å². The van der Waals surface area contributed by atoms with Gasteiger partial charge in [0, 0.05) is 11.7 Å². The van der Waals surface area contributed by atoms with Gasteiger partial charge in [-0.1, -0.05) is 25.7 Å². The van der Waals surface area contributed by atoms with E-state index in [2.05, 4.69) is 10.4 Å². The number of carbonyl (C=O) groups is 1. The molecule has 1 fully saturated rings. The van der Waals surface area contributed by atoms with E-state index in [9.17, 15) is 18.0 Å². The van der Waals surface area contributed by atoms with Crippen LogP contribution >= 0.6 is 0 Å².